The fourth-order valence-electron chi connectivity index (χ4n) is 5.53. The maximum absolute atomic E-state index is 13.9. The van der Waals surface area contributed by atoms with Gasteiger partial charge in [0.1, 0.15) is 22.4 Å². The van der Waals surface area contributed by atoms with Gasteiger partial charge < -0.3 is 24.7 Å². The molecule has 1 aliphatic rings. The van der Waals surface area contributed by atoms with Crippen molar-refractivity contribution in [3.05, 3.63) is 93.8 Å². The number of rotatable bonds is 10. The average Bonchev–Trinajstić information content (AvgIpc) is 3.81. The molecule has 0 aliphatic carbocycles. The van der Waals surface area contributed by atoms with E-state index in [4.69, 9.17) is 9.15 Å². The van der Waals surface area contributed by atoms with Crippen molar-refractivity contribution in [3.8, 4) is 11.5 Å². The molecule has 3 amide bonds. The zero-order valence-corrected chi connectivity index (χ0v) is 28.0. The predicted molar refractivity (Wildman–Crippen MR) is 177 cm³/mol. The Kier molecular flexibility index (Phi) is 9.90. The smallest absolute Gasteiger partial charge is 0.408 e. The van der Waals surface area contributed by atoms with Gasteiger partial charge in [0.25, 0.3) is 11.8 Å². The van der Waals surface area contributed by atoms with Crippen molar-refractivity contribution in [3.63, 3.8) is 0 Å². The second-order valence-corrected chi connectivity index (χ2v) is 13.7. The number of oxazole rings is 1. The third kappa shape index (κ3) is 8.31. The van der Waals surface area contributed by atoms with Crippen molar-refractivity contribution in [2.45, 2.75) is 71.1 Å². The fourth-order valence-corrected chi connectivity index (χ4v) is 6.48. The number of hydrogen-bond acceptors (Lipinski definition) is 9. The van der Waals surface area contributed by atoms with Gasteiger partial charge in [-0.1, -0.05) is 30.3 Å². The van der Waals surface area contributed by atoms with E-state index in [2.05, 4.69) is 20.6 Å². The topological polar surface area (TPSA) is 144 Å². The van der Waals surface area contributed by atoms with Crippen LogP contribution in [-0.4, -0.2) is 62.8 Å². The number of carbonyl (C=O) groups excluding carboxylic acids is 4. The minimum Gasteiger partial charge on any atom is -0.445 e. The number of alkyl carbamates (subject to hydrolysis) is 1. The molecule has 0 unspecified atom stereocenters. The summed E-state index contributed by atoms with van der Waals surface area (Å²) in [7, 11) is 0. The van der Waals surface area contributed by atoms with Gasteiger partial charge in [0.05, 0.1) is 18.8 Å². The summed E-state index contributed by atoms with van der Waals surface area (Å²) in [5.41, 5.74) is 0.452. The molecule has 2 aromatic heterocycles. The van der Waals surface area contributed by atoms with E-state index >= 15 is 0 Å². The third-order valence-electron chi connectivity index (χ3n) is 7.76. The average molecular weight is 658 g/mol. The van der Waals surface area contributed by atoms with E-state index in [-0.39, 0.29) is 41.9 Å². The molecule has 2 N–H and O–H groups in total. The van der Waals surface area contributed by atoms with Crippen LogP contribution in [0.3, 0.4) is 0 Å². The predicted octanol–water partition coefficient (Wildman–Crippen LogP) is 5.91. The molecule has 246 valence electrons. The summed E-state index contributed by atoms with van der Waals surface area (Å²) in [5, 5.41) is 8.27. The molecule has 0 spiro atoms. The van der Waals surface area contributed by atoms with Crippen molar-refractivity contribution in [2.75, 3.05) is 13.1 Å². The van der Waals surface area contributed by atoms with Gasteiger partial charge in [-0.3, -0.25) is 14.4 Å². The molecule has 2 aromatic carbocycles. The van der Waals surface area contributed by atoms with Crippen LogP contribution in [0, 0.1) is 6.92 Å². The lowest BCUT2D eigenvalue weighted by Crippen LogP contribution is -2.57. The number of Topliss-reactive ketones (excluding diaryl/α,β-unsaturated/α-hetero) is 1. The van der Waals surface area contributed by atoms with E-state index in [1.807, 2.05) is 42.6 Å². The molecule has 4 aromatic rings. The number of hydrogen-bond donors (Lipinski definition) is 2. The third-order valence-corrected chi connectivity index (χ3v) is 8.82. The summed E-state index contributed by atoms with van der Waals surface area (Å²) in [4.78, 5) is 64.6. The van der Waals surface area contributed by atoms with E-state index in [1.54, 1.807) is 44.7 Å². The molecule has 0 radical (unpaired) electrons. The molecule has 0 saturated carbocycles. The van der Waals surface area contributed by atoms with Gasteiger partial charge in [0.2, 0.25) is 5.89 Å². The Labute approximate surface area is 277 Å². The quantitative estimate of drug-likeness (QED) is 0.214. The van der Waals surface area contributed by atoms with Crippen LogP contribution in [0.1, 0.15) is 83.6 Å². The van der Waals surface area contributed by atoms with E-state index < -0.39 is 28.9 Å². The fraction of sp³-hybridized carbons (Fsp3) is 0.371. The Morgan fingerprint density at radius 1 is 1.06 bits per heavy atom. The molecule has 1 fully saturated rings. The molecule has 12 heteroatoms. The zero-order valence-electron chi connectivity index (χ0n) is 27.2. The number of nitrogens with one attached hydrogen (secondary N) is 2. The molecule has 5 rings (SSSR count). The van der Waals surface area contributed by atoms with Crippen LogP contribution in [0.15, 0.2) is 70.8 Å². The number of carbonyl (C=O) groups is 4. The van der Waals surface area contributed by atoms with Gasteiger partial charge in [-0.15, -0.1) is 11.3 Å². The highest BCUT2D eigenvalue weighted by Gasteiger charge is 2.37. The number of ketones is 1. The Morgan fingerprint density at radius 2 is 1.81 bits per heavy atom. The standard InChI is InChI=1S/C35H39N5O6S/c1-22-21-47-31(38-22)27-12-9-14-40(27)32(43)26-17-24(16-25(18-26)30-36-13-15-45-30)29(42)37-20-28(41)35(5,19-23-10-7-6-8-11-23)39-33(44)46-34(2,3)4/h6-8,10-11,13,15-18,21,27H,9,12,14,19-20H2,1-5H3,(H,37,42)(H,39,44)/t27-,35-/m1/s1. The van der Waals surface area contributed by atoms with Crippen molar-refractivity contribution >= 4 is 35.0 Å². The highest BCUT2D eigenvalue weighted by Crippen LogP contribution is 2.35. The van der Waals surface area contributed by atoms with Gasteiger partial charge in [-0.05, 0) is 71.2 Å². The maximum atomic E-state index is 13.9. The Hall–Kier alpha value is -4.84. The lowest BCUT2D eigenvalue weighted by atomic mass is 9.88. The summed E-state index contributed by atoms with van der Waals surface area (Å²) >= 11 is 1.53. The van der Waals surface area contributed by atoms with Gasteiger partial charge in [-0.25, -0.2) is 14.8 Å². The molecule has 1 saturated heterocycles. The van der Waals surface area contributed by atoms with E-state index in [0.29, 0.717) is 12.1 Å². The minimum atomic E-state index is -1.39. The largest absolute Gasteiger partial charge is 0.445 e. The van der Waals surface area contributed by atoms with Crippen LogP contribution in [0.25, 0.3) is 11.5 Å². The molecular formula is C35H39N5O6S. The normalized spacial score (nSPS) is 15.9. The number of likely N-dealkylation sites (tertiary alicyclic amines) is 1. The summed E-state index contributed by atoms with van der Waals surface area (Å²) in [6.45, 7) is 8.91. The van der Waals surface area contributed by atoms with Crippen molar-refractivity contribution < 1.29 is 28.3 Å². The number of aryl methyl sites for hydroxylation is 1. The number of aromatic nitrogens is 2. The molecular weight excluding hydrogens is 618 g/mol. The lowest BCUT2D eigenvalue weighted by Gasteiger charge is -2.31. The van der Waals surface area contributed by atoms with Gasteiger partial charge in [0, 0.05) is 40.7 Å². The maximum Gasteiger partial charge on any atom is 0.408 e. The first-order chi connectivity index (χ1) is 22.3. The summed E-state index contributed by atoms with van der Waals surface area (Å²) in [6, 6.07) is 13.8. The number of benzene rings is 2. The molecule has 11 nitrogen and oxygen atoms in total. The SMILES string of the molecule is Cc1csc([C@H]2CCCN2C(=O)c2cc(C(=O)NCC(=O)[C@@](C)(Cc3ccccc3)NC(=O)OC(C)(C)C)cc(-c3ncco3)c2)n1. The monoisotopic (exact) mass is 657 g/mol. The second kappa shape index (κ2) is 13.9. The summed E-state index contributed by atoms with van der Waals surface area (Å²) in [6.07, 6.45) is 3.96. The van der Waals surface area contributed by atoms with Crippen molar-refractivity contribution in [2.24, 2.45) is 0 Å². The Morgan fingerprint density at radius 3 is 2.47 bits per heavy atom. The molecule has 3 heterocycles. The van der Waals surface area contributed by atoms with Crippen LogP contribution in [0.5, 0.6) is 0 Å². The van der Waals surface area contributed by atoms with E-state index in [1.165, 1.54) is 29.9 Å². The highest BCUT2D eigenvalue weighted by molar-refractivity contribution is 7.09. The molecule has 0 bridgehead atoms. The van der Waals surface area contributed by atoms with Gasteiger partial charge in [-0.2, -0.15) is 0 Å². The van der Waals surface area contributed by atoms with Crippen LogP contribution >= 0.6 is 11.3 Å². The zero-order chi connectivity index (χ0) is 33.8. The van der Waals surface area contributed by atoms with E-state index in [9.17, 15) is 19.2 Å². The van der Waals surface area contributed by atoms with Crippen molar-refractivity contribution in [1.29, 1.82) is 0 Å². The first kappa shape index (κ1) is 33.5. The molecule has 2 atom stereocenters. The highest BCUT2D eigenvalue weighted by atomic mass is 32.1. The van der Waals surface area contributed by atoms with Crippen LogP contribution in [0.2, 0.25) is 0 Å². The minimum absolute atomic E-state index is 0.152. The number of amides is 3. The van der Waals surface area contributed by atoms with E-state index in [0.717, 1.165) is 29.1 Å². The Balaban J connectivity index is 1.37. The van der Waals surface area contributed by atoms with Crippen molar-refractivity contribution in [1.82, 2.24) is 25.5 Å². The lowest BCUT2D eigenvalue weighted by molar-refractivity contribution is -0.123. The summed E-state index contributed by atoms with van der Waals surface area (Å²) in [5.74, 6) is -1.00. The number of nitrogens with zero attached hydrogens (tertiary/aromatic N) is 3. The Bertz CT molecular complexity index is 1750. The van der Waals surface area contributed by atoms with Gasteiger partial charge in [0.15, 0.2) is 5.78 Å². The second-order valence-electron chi connectivity index (χ2n) is 12.8. The number of ether oxygens (including phenoxy) is 1. The molecule has 1 aliphatic heterocycles. The summed E-state index contributed by atoms with van der Waals surface area (Å²) < 4.78 is 10.9. The van der Waals surface area contributed by atoms with Gasteiger partial charge >= 0.3 is 6.09 Å². The first-order valence-electron chi connectivity index (χ1n) is 15.5. The molecule has 47 heavy (non-hydrogen) atoms. The van der Waals surface area contributed by atoms with Crippen LogP contribution in [-0.2, 0) is 16.0 Å². The van der Waals surface area contributed by atoms with Crippen LogP contribution < -0.4 is 10.6 Å². The van der Waals surface area contributed by atoms with Crippen LogP contribution in [0.4, 0.5) is 4.79 Å². The first-order valence-corrected chi connectivity index (χ1v) is 16.3. The number of thiazole rings is 1.